The Hall–Kier alpha value is -1.55. The molecule has 110 valence electrons. The van der Waals surface area contributed by atoms with Crippen molar-refractivity contribution in [3.8, 4) is 0 Å². The lowest BCUT2D eigenvalue weighted by Crippen LogP contribution is -2.29. The van der Waals surface area contributed by atoms with E-state index in [9.17, 15) is 4.79 Å². The Labute approximate surface area is 121 Å². The van der Waals surface area contributed by atoms with Gasteiger partial charge in [-0.1, -0.05) is 6.07 Å². The average Bonchev–Trinajstić information content (AvgIpc) is 2.85. The first-order valence-electron chi connectivity index (χ1n) is 7.43. The standard InChI is InChI=1S/C16H25N3O/c1-11-6-7-15(19-13(3)20)10-16(11)18-12(2)9-14-5-4-8-17-14/h6-7,10,12,14,17-18H,4-5,8-9H2,1-3H3,(H,19,20). The largest absolute Gasteiger partial charge is 0.382 e. The fourth-order valence-electron chi connectivity index (χ4n) is 2.77. The fourth-order valence-corrected chi connectivity index (χ4v) is 2.77. The van der Waals surface area contributed by atoms with Gasteiger partial charge in [-0.05, 0) is 57.4 Å². The van der Waals surface area contributed by atoms with E-state index in [0.29, 0.717) is 12.1 Å². The number of carbonyl (C=O) groups is 1. The van der Waals surface area contributed by atoms with Gasteiger partial charge in [0, 0.05) is 30.4 Å². The van der Waals surface area contributed by atoms with E-state index in [1.165, 1.54) is 25.3 Å². The third-order valence-electron chi connectivity index (χ3n) is 3.76. The van der Waals surface area contributed by atoms with Crippen molar-refractivity contribution in [1.29, 1.82) is 0 Å². The van der Waals surface area contributed by atoms with Gasteiger partial charge in [-0.15, -0.1) is 0 Å². The first kappa shape index (κ1) is 14.9. The van der Waals surface area contributed by atoms with Crippen molar-refractivity contribution < 1.29 is 4.79 Å². The second-order valence-corrected chi connectivity index (χ2v) is 5.79. The smallest absolute Gasteiger partial charge is 0.221 e. The van der Waals surface area contributed by atoms with Gasteiger partial charge in [0.05, 0.1) is 0 Å². The van der Waals surface area contributed by atoms with Crippen LogP contribution in [0.5, 0.6) is 0 Å². The van der Waals surface area contributed by atoms with Crippen LogP contribution in [-0.2, 0) is 4.79 Å². The molecule has 1 saturated heterocycles. The van der Waals surface area contributed by atoms with Crippen LogP contribution >= 0.6 is 0 Å². The molecule has 1 aromatic carbocycles. The molecule has 4 nitrogen and oxygen atoms in total. The SMILES string of the molecule is CC(=O)Nc1ccc(C)c(NC(C)CC2CCCN2)c1. The first-order chi connectivity index (χ1) is 9.54. The van der Waals surface area contributed by atoms with Crippen molar-refractivity contribution in [3.63, 3.8) is 0 Å². The highest BCUT2D eigenvalue weighted by molar-refractivity contribution is 5.89. The molecule has 3 N–H and O–H groups in total. The molecule has 1 aliphatic rings. The lowest BCUT2D eigenvalue weighted by Gasteiger charge is -2.21. The van der Waals surface area contributed by atoms with Gasteiger partial charge in [-0.2, -0.15) is 0 Å². The molecule has 20 heavy (non-hydrogen) atoms. The zero-order valence-corrected chi connectivity index (χ0v) is 12.6. The Morgan fingerprint density at radius 3 is 2.95 bits per heavy atom. The zero-order chi connectivity index (χ0) is 14.5. The van der Waals surface area contributed by atoms with Crippen LogP contribution in [-0.4, -0.2) is 24.5 Å². The minimum absolute atomic E-state index is 0.0389. The summed E-state index contributed by atoms with van der Waals surface area (Å²) in [4.78, 5) is 11.1. The van der Waals surface area contributed by atoms with Crippen molar-refractivity contribution in [1.82, 2.24) is 5.32 Å². The third-order valence-corrected chi connectivity index (χ3v) is 3.76. The molecular formula is C16H25N3O. The van der Waals surface area contributed by atoms with E-state index in [0.717, 1.165) is 24.3 Å². The highest BCUT2D eigenvalue weighted by atomic mass is 16.1. The number of anilines is 2. The fraction of sp³-hybridized carbons (Fsp3) is 0.562. The summed E-state index contributed by atoms with van der Waals surface area (Å²) in [5.74, 6) is -0.0389. The summed E-state index contributed by atoms with van der Waals surface area (Å²) < 4.78 is 0. The molecule has 2 atom stereocenters. The van der Waals surface area contributed by atoms with Crippen molar-refractivity contribution in [2.45, 2.75) is 52.1 Å². The average molecular weight is 275 g/mol. The summed E-state index contributed by atoms with van der Waals surface area (Å²) in [7, 11) is 0. The molecule has 1 aromatic rings. The van der Waals surface area contributed by atoms with E-state index < -0.39 is 0 Å². The molecular weight excluding hydrogens is 250 g/mol. The molecule has 4 heteroatoms. The van der Waals surface area contributed by atoms with Gasteiger partial charge in [-0.3, -0.25) is 4.79 Å². The van der Waals surface area contributed by atoms with Crippen molar-refractivity contribution in [2.75, 3.05) is 17.2 Å². The van der Waals surface area contributed by atoms with Gasteiger partial charge < -0.3 is 16.0 Å². The summed E-state index contributed by atoms with van der Waals surface area (Å²) in [6.45, 7) is 6.97. The predicted octanol–water partition coefficient (Wildman–Crippen LogP) is 2.90. The lowest BCUT2D eigenvalue weighted by atomic mass is 10.1. The second-order valence-electron chi connectivity index (χ2n) is 5.79. The van der Waals surface area contributed by atoms with Gasteiger partial charge in [0.25, 0.3) is 0 Å². The molecule has 0 aromatic heterocycles. The first-order valence-corrected chi connectivity index (χ1v) is 7.43. The van der Waals surface area contributed by atoms with Gasteiger partial charge in [-0.25, -0.2) is 0 Å². The normalized spacial score (nSPS) is 19.6. The van der Waals surface area contributed by atoms with Crippen molar-refractivity contribution in [2.24, 2.45) is 0 Å². The highest BCUT2D eigenvalue weighted by Crippen LogP contribution is 2.22. The van der Waals surface area contributed by atoms with E-state index >= 15 is 0 Å². The lowest BCUT2D eigenvalue weighted by molar-refractivity contribution is -0.114. The molecule has 0 spiro atoms. The topological polar surface area (TPSA) is 53.2 Å². The van der Waals surface area contributed by atoms with Gasteiger partial charge in [0.1, 0.15) is 0 Å². The van der Waals surface area contributed by atoms with Crippen molar-refractivity contribution >= 4 is 17.3 Å². The number of aryl methyl sites for hydroxylation is 1. The minimum atomic E-state index is -0.0389. The van der Waals surface area contributed by atoms with Crippen LogP contribution in [0.15, 0.2) is 18.2 Å². The monoisotopic (exact) mass is 275 g/mol. The highest BCUT2D eigenvalue weighted by Gasteiger charge is 2.17. The Kier molecular flexibility index (Phi) is 5.01. The van der Waals surface area contributed by atoms with Crippen LogP contribution in [0.1, 0.15) is 38.7 Å². The molecule has 2 unspecified atom stereocenters. The maximum atomic E-state index is 11.1. The van der Waals surface area contributed by atoms with Crippen LogP contribution < -0.4 is 16.0 Å². The molecule has 1 fully saturated rings. The molecule has 1 aliphatic heterocycles. The summed E-state index contributed by atoms with van der Waals surface area (Å²) in [5, 5.41) is 9.92. The maximum absolute atomic E-state index is 11.1. The quantitative estimate of drug-likeness (QED) is 0.774. The van der Waals surface area contributed by atoms with Gasteiger partial charge in [0.2, 0.25) is 5.91 Å². The van der Waals surface area contributed by atoms with E-state index in [1.54, 1.807) is 0 Å². The Balaban J connectivity index is 1.97. The van der Waals surface area contributed by atoms with Gasteiger partial charge >= 0.3 is 0 Å². The molecule has 0 aliphatic carbocycles. The Morgan fingerprint density at radius 2 is 2.30 bits per heavy atom. The Bertz CT molecular complexity index is 467. The van der Waals surface area contributed by atoms with Crippen molar-refractivity contribution in [3.05, 3.63) is 23.8 Å². The van der Waals surface area contributed by atoms with E-state index in [4.69, 9.17) is 0 Å². The second kappa shape index (κ2) is 6.75. The van der Waals surface area contributed by atoms with Crippen LogP contribution in [0.2, 0.25) is 0 Å². The molecule has 0 radical (unpaired) electrons. The van der Waals surface area contributed by atoms with Crippen LogP contribution in [0.3, 0.4) is 0 Å². The number of amides is 1. The third kappa shape index (κ3) is 4.23. The number of hydrogen-bond acceptors (Lipinski definition) is 3. The molecule has 0 bridgehead atoms. The predicted molar refractivity (Wildman–Crippen MR) is 84.2 cm³/mol. The number of rotatable bonds is 5. The number of benzene rings is 1. The summed E-state index contributed by atoms with van der Waals surface area (Å²) in [6, 6.07) is 7.03. The van der Waals surface area contributed by atoms with Crippen LogP contribution in [0.25, 0.3) is 0 Å². The zero-order valence-electron chi connectivity index (χ0n) is 12.6. The summed E-state index contributed by atoms with van der Waals surface area (Å²) in [5.41, 5.74) is 3.14. The van der Waals surface area contributed by atoms with E-state index in [2.05, 4.69) is 29.8 Å². The Morgan fingerprint density at radius 1 is 1.50 bits per heavy atom. The minimum Gasteiger partial charge on any atom is -0.382 e. The number of nitrogens with one attached hydrogen (secondary N) is 3. The van der Waals surface area contributed by atoms with E-state index in [1.807, 2.05) is 18.2 Å². The maximum Gasteiger partial charge on any atom is 0.221 e. The van der Waals surface area contributed by atoms with Crippen LogP contribution in [0.4, 0.5) is 11.4 Å². The molecule has 1 amide bonds. The summed E-state index contributed by atoms with van der Waals surface area (Å²) in [6.07, 6.45) is 3.69. The van der Waals surface area contributed by atoms with Crippen LogP contribution in [0, 0.1) is 6.92 Å². The summed E-state index contributed by atoms with van der Waals surface area (Å²) >= 11 is 0. The van der Waals surface area contributed by atoms with Gasteiger partial charge in [0.15, 0.2) is 0 Å². The molecule has 1 heterocycles. The molecule has 2 rings (SSSR count). The molecule has 0 saturated carbocycles. The van der Waals surface area contributed by atoms with E-state index in [-0.39, 0.29) is 5.91 Å². The number of carbonyl (C=O) groups excluding carboxylic acids is 1. The number of hydrogen-bond donors (Lipinski definition) is 3.